The number of hydrogen-bond donors (Lipinski definition) is 1. The van der Waals surface area contributed by atoms with Crippen LogP contribution >= 0.6 is 11.6 Å². The largest absolute Gasteiger partial charge is 0.354 e. The first-order valence-corrected chi connectivity index (χ1v) is 6.59. The minimum Gasteiger partial charge on any atom is -0.354 e. The average Bonchev–Trinajstić information content (AvgIpc) is 2.88. The maximum absolute atomic E-state index is 9.36. The van der Waals surface area contributed by atoms with Gasteiger partial charge in [-0.3, -0.25) is 0 Å². The first-order chi connectivity index (χ1) is 9.76. The summed E-state index contributed by atoms with van der Waals surface area (Å²) >= 11 is 5.96. The molecule has 0 atom stereocenters. The van der Waals surface area contributed by atoms with Crippen LogP contribution in [0.2, 0.25) is 5.02 Å². The molecule has 0 aliphatic rings. The molecule has 20 heavy (non-hydrogen) atoms. The third kappa shape index (κ3) is 2.45. The Morgan fingerprint density at radius 3 is 2.70 bits per heavy atom. The van der Waals surface area contributed by atoms with Gasteiger partial charge in [-0.15, -0.1) is 0 Å². The Balaban J connectivity index is 2.07. The zero-order valence-corrected chi connectivity index (χ0v) is 11.4. The highest BCUT2D eigenvalue weighted by Gasteiger charge is 2.05. The van der Waals surface area contributed by atoms with E-state index in [0.717, 1.165) is 22.2 Å². The summed E-state index contributed by atoms with van der Waals surface area (Å²) in [5.41, 5.74) is 3.33. The van der Waals surface area contributed by atoms with E-state index in [2.05, 4.69) is 11.1 Å². The van der Waals surface area contributed by atoms with Crippen LogP contribution in [0.4, 0.5) is 0 Å². The van der Waals surface area contributed by atoms with Crippen LogP contribution in [-0.2, 0) is 0 Å². The fraction of sp³-hybridized carbons (Fsp3) is 0. The lowest BCUT2D eigenvalue weighted by Crippen LogP contribution is -1.81. The zero-order valence-electron chi connectivity index (χ0n) is 10.6. The number of nitriles is 1. The van der Waals surface area contributed by atoms with E-state index in [0.29, 0.717) is 10.6 Å². The molecule has 3 rings (SSSR count). The number of aromatic amines is 1. The van der Waals surface area contributed by atoms with E-state index in [1.807, 2.05) is 60.7 Å². The topological polar surface area (TPSA) is 39.6 Å². The van der Waals surface area contributed by atoms with E-state index in [4.69, 9.17) is 11.6 Å². The van der Waals surface area contributed by atoms with E-state index in [-0.39, 0.29) is 0 Å². The van der Waals surface area contributed by atoms with Crippen LogP contribution in [0.25, 0.3) is 22.6 Å². The van der Waals surface area contributed by atoms with Crippen molar-refractivity contribution in [2.75, 3.05) is 0 Å². The lowest BCUT2D eigenvalue weighted by molar-refractivity contribution is 1.40. The Bertz CT molecular complexity index is 804. The van der Waals surface area contributed by atoms with Crippen molar-refractivity contribution in [3.63, 3.8) is 0 Å². The highest BCUT2D eigenvalue weighted by atomic mass is 35.5. The van der Waals surface area contributed by atoms with Crippen molar-refractivity contribution in [2.45, 2.75) is 0 Å². The molecule has 1 N–H and O–H groups in total. The molecule has 0 fully saturated rings. The molecule has 0 saturated carbocycles. The molecule has 0 spiro atoms. The predicted molar refractivity (Wildman–Crippen MR) is 83.2 cm³/mol. The van der Waals surface area contributed by atoms with E-state index in [1.165, 1.54) is 0 Å². The van der Waals surface area contributed by atoms with Crippen LogP contribution in [0.3, 0.4) is 0 Å². The summed E-state index contributed by atoms with van der Waals surface area (Å²) in [5, 5.41) is 11.1. The number of benzene rings is 2. The number of rotatable bonds is 2. The summed E-state index contributed by atoms with van der Waals surface area (Å²) in [7, 11) is 0. The second-order valence-electron chi connectivity index (χ2n) is 4.50. The summed E-state index contributed by atoms with van der Waals surface area (Å²) in [6, 6.07) is 19.6. The molecule has 96 valence electrons. The van der Waals surface area contributed by atoms with Gasteiger partial charge in [-0.2, -0.15) is 5.26 Å². The minimum absolute atomic E-state index is 0.587. The molecule has 2 aromatic carbocycles. The Kier molecular flexibility index (Phi) is 3.28. The number of halogens is 1. The number of hydrogen-bond acceptors (Lipinski definition) is 1. The fourth-order valence-electron chi connectivity index (χ4n) is 2.15. The van der Waals surface area contributed by atoms with Crippen molar-refractivity contribution in [3.8, 4) is 6.07 Å². The van der Waals surface area contributed by atoms with E-state index >= 15 is 0 Å². The Morgan fingerprint density at radius 1 is 1.10 bits per heavy atom. The highest BCUT2D eigenvalue weighted by Crippen LogP contribution is 2.23. The Labute approximate surface area is 121 Å². The summed E-state index contributed by atoms with van der Waals surface area (Å²) < 4.78 is 0. The van der Waals surface area contributed by atoms with Gasteiger partial charge in [0.1, 0.15) is 6.07 Å². The lowest BCUT2D eigenvalue weighted by atomic mass is 10.1. The van der Waals surface area contributed by atoms with Gasteiger partial charge >= 0.3 is 0 Å². The molecule has 0 bridgehead atoms. The molecular weight excluding hydrogens is 268 g/mol. The number of nitrogens with one attached hydrogen (secondary N) is 1. The molecule has 2 nitrogen and oxygen atoms in total. The van der Waals surface area contributed by atoms with Crippen LogP contribution < -0.4 is 0 Å². The monoisotopic (exact) mass is 278 g/mol. The van der Waals surface area contributed by atoms with E-state index in [1.54, 1.807) is 0 Å². The maximum atomic E-state index is 9.36. The van der Waals surface area contributed by atoms with Gasteiger partial charge in [-0.05, 0) is 35.9 Å². The van der Waals surface area contributed by atoms with Gasteiger partial charge in [0, 0.05) is 15.9 Å². The normalized spacial score (nSPS) is 11.5. The lowest BCUT2D eigenvalue weighted by Gasteiger charge is -1.97. The van der Waals surface area contributed by atoms with E-state index in [9.17, 15) is 5.26 Å². The summed E-state index contributed by atoms with van der Waals surface area (Å²) in [5.74, 6) is 0. The van der Waals surface area contributed by atoms with Crippen LogP contribution in [-0.4, -0.2) is 4.98 Å². The second kappa shape index (κ2) is 5.24. The fourth-order valence-corrected chi connectivity index (χ4v) is 2.35. The Morgan fingerprint density at radius 2 is 1.95 bits per heavy atom. The first kappa shape index (κ1) is 12.5. The molecule has 0 aliphatic heterocycles. The van der Waals surface area contributed by atoms with Gasteiger partial charge in [0.2, 0.25) is 0 Å². The molecule has 1 aromatic heterocycles. The molecule has 0 saturated heterocycles. The molecule has 3 heteroatoms. The van der Waals surface area contributed by atoms with Gasteiger partial charge in [0.25, 0.3) is 0 Å². The summed E-state index contributed by atoms with van der Waals surface area (Å²) in [4.78, 5) is 3.26. The quantitative estimate of drug-likeness (QED) is 0.666. The number of H-pyrrole nitrogens is 1. The molecule has 1 heterocycles. The van der Waals surface area contributed by atoms with Crippen LogP contribution in [0.5, 0.6) is 0 Å². The predicted octanol–water partition coefficient (Wildman–Crippen LogP) is 4.89. The number of para-hydroxylation sites is 1. The molecule has 0 aliphatic carbocycles. The third-order valence-corrected chi connectivity index (χ3v) is 3.34. The number of fused-ring (bicyclic) bond motifs is 1. The smallest absolute Gasteiger partial charge is 0.101 e. The zero-order chi connectivity index (χ0) is 13.9. The van der Waals surface area contributed by atoms with Gasteiger partial charge in [-0.25, -0.2) is 0 Å². The summed E-state index contributed by atoms with van der Waals surface area (Å²) in [6.07, 6.45) is 1.83. The van der Waals surface area contributed by atoms with Crippen molar-refractivity contribution < 1.29 is 0 Å². The molecule has 0 radical (unpaired) electrons. The van der Waals surface area contributed by atoms with Gasteiger partial charge < -0.3 is 4.98 Å². The number of aromatic nitrogens is 1. The first-order valence-electron chi connectivity index (χ1n) is 6.22. The van der Waals surface area contributed by atoms with Crippen LogP contribution in [0.1, 0.15) is 11.3 Å². The third-order valence-electron chi connectivity index (χ3n) is 3.10. The molecule has 3 aromatic rings. The maximum Gasteiger partial charge on any atom is 0.101 e. The highest BCUT2D eigenvalue weighted by molar-refractivity contribution is 6.30. The van der Waals surface area contributed by atoms with E-state index < -0.39 is 0 Å². The second-order valence-corrected chi connectivity index (χ2v) is 4.93. The number of allylic oxidation sites excluding steroid dienone is 1. The molecule has 0 unspecified atom stereocenters. The van der Waals surface area contributed by atoms with Gasteiger partial charge in [0.15, 0.2) is 0 Å². The molecular formula is C17H11ClN2. The summed E-state index contributed by atoms with van der Waals surface area (Å²) in [6.45, 7) is 0. The molecule has 0 amide bonds. The van der Waals surface area contributed by atoms with Crippen LogP contribution in [0.15, 0.2) is 54.6 Å². The van der Waals surface area contributed by atoms with Crippen molar-refractivity contribution in [1.82, 2.24) is 4.98 Å². The van der Waals surface area contributed by atoms with Crippen molar-refractivity contribution >= 4 is 34.2 Å². The van der Waals surface area contributed by atoms with Crippen molar-refractivity contribution in [1.29, 1.82) is 5.26 Å². The van der Waals surface area contributed by atoms with Crippen molar-refractivity contribution in [3.05, 3.63) is 70.9 Å². The Hall–Kier alpha value is -2.50. The standard InChI is InChI=1S/C17H11ClN2/c18-15-6-3-4-12(9-15)8-14(11-19)17-10-13-5-1-2-7-16(13)20-17/h1-10,20H/b14-8+. The minimum atomic E-state index is 0.587. The van der Waals surface area contributed by atoms with Gasteiger partial charge in [0.05, 0.1) is 11.3 Å². The van der Waals surface area contributed by atoms with Crippen LogP contribution in [0, 0.1) is 11.3 Å². The average molecular weight is 279 g/mol. The van der Waals surface area contributed by atoms with Gasteiger partial charge in [-0.1, -0.05) is 41.9 Å². The van der Waals surface area contributed by atoms with Crippen molar-refractivity contribution in [2.24, 2.45) is 0 Å². The number of nitrogens with zero attached hydrogens (tertiary/aromatic N) is 1. The SMILES string of the molecule is N#C/C(=C\c1cccc(Cl)c1)c1cc2ccccc2[nH]1.